The number of anilines is 1. The number of carbonyl (C=O) groups excluding carboxylic acids is 2. The van der Waals surface area contributed by atoms with Crippen LogP contribution < -0.4 is 14.8 Å². The molecule has 0 aromatic heterocycles. The van der Waals surface area contributed by atoms with Gasteiger partial charge in [0.2, 0.25) is 0 Å². The summed E-state index contributed by atoms with van der Waals surface area (Å²) < 4.78 is 17.1. The normalized spacial score (nSPS) is 16.4. The Bertz CT molecular complexity index is 902. The van der Waals surface area contributed by atoms with Gasteiger partial charge in [-0.15, -0.1) is 0 Å². The van der Waals surface area contributed by atoms with Crippen molar-refractivity contribution in [1.29, 1.82) is 0 Å². The average Bonchev–Trinajstić information content (AvgIpc) is 3.09. The highest BCUT2D eigenvalue weighted by Crippen LogP contribution is 2.46. The molecule has 2 aromatic carbocycles. The quantitative estimate of drug-likeness (QED) is 0.751. The molecule has 4 rings (SSSR count). The van der Waals surface area contributed by atoms with Crippen molar-refractivity contribution < 1.29 is 28.9 Å². The van der Waals surface area contributed by atoms with Crippen LogP contribution in [-0.4, -0.2) is 29.4 Å². The van der Waals surface area contributed by atoms with Crippen LogP contribution in [0, 0.1) is 0 Å². The molecular formula is C22H23NO6. The van der Waals surface area contributed by atoms with Gasteiger partial charge < -0.3 is 24.6 Å². The first-order valence-corrected chi connectivity index (χ1v) is 9.76. The molecular weight excluding hydrogens is 374 g/mol. The Balaban J connectivity index is 1.31. The predicted molar refractivity (Wildman–Crippen MR) is 105 cm³/mol. The van der Waals surface area contributed by atoms with Crippen LogP contribution >= 0.6 is 0 Å². The van der Waals surface area contributed by atoms with Gasteiger partial charge in [0.25, 0.3) is 11.7 Å². The summed E-state index contributed by atoms with van der Waals surface area (Å²) in [5, 5.41) is 11.7. The molecule has 0 radical (unpaired) electrons. The van der Waals surface area contributed by atoms with Crippen LogP contribution in [0.5, 0.6) is 11.5 Å². The van der Waals surface area contributed by atoms with Gasteiger partial charge >= 0.3 is 5.97 Å². The second kappa shape index (κ2) is 8.13. The Morgan fingerprint density at radius 3 is 2.45 bits per heavy atom. The fourth-order valence-corrected chi connectivity index (χ4v) is 3.62. The Kier molecular flexibility index (Phi) is 5.40. The number of ether oxygens (including phenoxy) is 3. The molecule has 1 heterocycles. The van der Waals surface area contributed by atoms with Crippen LogP contribution in [0.15, 0.2) is 42.5 Å². The minimum atomic E-state index is -0.602. The van der Waals surface area contributed by atoms with Gasteiger partial charge in [-0.05, 0) is 42.7 Å². The van der Waals surface area contributed by atoms with E-state index in [-0.39, 0.29) is 6.61 Å². The lowest BCUT2D eigenvalue weighted by molar-refractivity contribution is -0.119. The Labute approximate surface area is 168 Å². The van der Waals surface area contributed by atoms with E-state index in [0.29, 0.717) is 28.3 Å². The molecule has 0 bridgehead atoms. The molecule has 0 saturated heterocycles. The standard InChI is InChI=1S/C22H23NO6/c24-13-15-4-6-16(7-5-15)21(26)27-14-20(25)23-17-8-9-18-19(12-17)29-22(28-18)10-2-1-3-11-22/h4-9,12,24H,1-3,10-11,13-14H2,(H,23,25). The SMILES string of the molecule is O=C(COC(=O)c1ccc(CO)cc1)Nc1ccc2c(c1)OC1(CCCCC1)O2. The van der Waals surface area contributed by atoms with Gasteiger partial charge in [0.15, 0.2) is 18.1 Å². The molecule has 1 fully saturated rings. The van der Waals surface area contributed by atoms with E-state index in [1.165, 1.54) is 6.42 Å². The number of esters is 1. The number of aliphatic hydroxyl groups is 1. The summed E-state index contributed by atoms with van der Waals surface area (Å²) in [6.45, 7) is -0.507. The smallest absolute Gasteiger partial charge is 0.338 e. The molecule has 1 aliphatic heterocycles. The molecule has 152 valence electrons. The average molecular weight is 397 g/mol. The van der Waals surface area contributed by atoms with Crippen LogP contribution in [-0.2, 0) is 16.1 Å². The largest absolute Gasteiger partial charge is 0.452 e. The molecule has 2 N–H and O–H groups in total. The van der Waals surface area contributed by atoms with Gasteiger partial charge in [-0.1, -0.05) is 18.6 Å². The number of hydrogen-bond acceptors (Lipinski definition) is 6. The van der Waals surface area contributed by atoms with Gasteiger partial charge in [0, 0.05) is 24.6 Å². The van der Waals surface area contributed by atoms with Gasteiger partial charge in [-0.2, -0.15) is 0 Å². The highest BCUT2D eigenvalue weighted by atomic mass is 16.7. The topological polar surface area (TPSA) is 94.1 Å². The number of nitrogens with one attached hydrogen (secondary N) is 1. The van der Waals surface area contributed by atoms with Crippen LogP contribution in [0.4, 0.5) is 5.69 Å². The van der Waals surface area contributed by atoms with Crippen LogP contribution in [0.1, 0.15) is 48.0 Å². The second-order valence-electron chi connectivity index (χ2n) is 7.32. The zero-order chi connectivity index (χ0) is 20.3. The molecule has 0 unspecified atom stereocenters. The van der Waals surface area contributed by atoms with Crippen molar-refractivity contribution in [3.05, 3.63) is 53.6 Å². The number of benzene rings is 2. The van der Waals surface area contributed by atoms with Gasteiger partial charge in [0.1, 0.15) is 0 Å². The lowest BCUT2D eigenvalue weighted by Crippen LogP contribution is -2.40. The summed E-state index contributed by atoms with van der Waals surface area (Å²) >= 11 is 0. The van der Waals surface area contributed by atoms with Crippen molar-refractivity contribution in [3.8, 4) is 11.5 Å². The zero-order valence-electron chi connectivity index (χ0n) is 16.0. The molecule has 7 nitrogen and oxygen atoms in total. The first-order chi connectivity index (χ1) is 14.1. The predicted octanol–water partition coefficient (Wildman–Crippen LogP) is 3.41. The van der Waals surface area contributed by atoms with Crippen LogP contribution in [0.2, 0.25) is 0 Å². The Morgan fingerprint density at radius 1 is 1.00 bits per heavy atom. The van der Waals surface area contributed by atoms with Crippen molar-refractivity contribution >= 4 is 17.6 Å². The number of aliphatic hydroxyl groups excluding tert-OH is 1. The number of rotatable bonds is 5. The third kappa shape index (κ3) is 4.35. The summed E-state index contributed by atoms with van der Waals surface area (Å²) in [6.07, 6.45) is 5.06. The van der Waals surface area contributed by atoms with E-state index in [1.54, 1.807) is 42.5 Å². The maximum Gasteiger partial charge on any atom is 0.338 e. The molecule has 2 aliphatic rings. The minimum Gasteiger partial charge on any atom is -0.452 e. The first-order valence-electron chi connectivity index (χ1n) is 9.76. The summed E-state index contributed by atoms with van der Waals surface area (Å²) in [7, 11) is 0. The van der Waals surface area contributed by atoms with Crippen molar-refractivity contribution in [2.75, 3.05) is 11.9 Å². The van der Waals surface area contributed by atoms with E-state index in [2.05, 4.69) is 5.32 Å². The second-order valence-corrected chi connectivity index (χ2v) is 7.32. The number of hydrogen-bond donors (Lipinski definition) is 2. The van der Waals surface area contributed by atoms with E-state index in [9.17, 15) is 9.59 Å². The van der Waals surface area contributed by atoms with Gasteiger partial charge in [-0.25, -0.2) is 4.79 Å². The number of carbonyl (C=O) groups is 2. The molecule has 29 heavy (non-hydrogen) atoms. The first kappa shape index (κ1) is 19.3. The van der Waals surface area contributed by atoms with Gasteiger partial charge in [0.05, 0.1) is 12.2 Å². The maximum atomic E-state index is 12.2. The zero-order valence-corrected chi connectivity index (χ0v) is 16.0. The van der Waals surface area contributed by atoms with Gasteiger partial charge in [-0.3, -0.25) is 4.79 Å². The summed E-state index contributed by atoms with van der Waals surface area (Å²) in [4.78, 5) is 24.2. The van der Waals surface area contributed by atoms with E-state index in [4.69, 9.17) is 19.3 Å². The fourth-order valence-electron chi connectivity index (χ4n) is 3.62. The summed E-state index contributed by atoms with van der Waals surface area (Å²) in [5.74, 6) is -0.316. The monoisotopic (exact) mass is 397 g/mol. The third-order valence-electron chi connectivity index (χ3n) is 5.14. The number of amides is 1. The highest BCUT2D eigenvalue weighted by molar-refractivity contribution is 5.95. The molecule has 0 atom stereocenters. The Morgan fingerprint density at radius 2 is 1.72 bits per heavy atom. The number of fused-ring (bicyclic) bond motifs is 1. The molecule has 1 saturated carbocycles. The van der Waals surface area contributed by atoms with Crippen molar-refractivity contribution in [1.82, 2.24) is 0 Å². The minimum absolute atomic E-state index is 0.103. The van der Waals surface area contributed by atoms with E-state index in [1.807, 2.05) is 0 Å². The molecule has 1 aliphatic carbocycles. The lowest BCUT2D eigenvalue weighted by Gasteiger charge is -2.31. The van der Waals surface area contributed by atoms with E-state index < -0.39 is 24.3 Å². The molecule has 1 amide bonds. The van der Waals surface area contributed by atoms with Crippen LogP contribution in [0.25, 0.3) is 0 Å². The maximum absolute atomic E-state index is 12.2. The lowest BCUT2D eigenvalue weighted by atomic mass is 9.94. The third-order valence-corrected chi connectivity index (χ3v) is 5.14. The fraction of sp³-hybridized carbons (Fsp3) is 0.364. The summed E-state index contributed by atoms with van der Waals surface area (Å²) in [5.41, 5.74) is 1.56. The van der Waals surface area contributed by atoms with Crippen molar-refractivity contribution in [2.24, 2.45) is 0 Å². The highest BCUT2D eigenvalue weighted by Gasteiger charge is 2.42. The van der Waals surface area contributed by atoms with Crippen molar-refractivity contribution in [2.45, 2.75) is 44.5 Å². The van der Waals surface area contributed by atoms with Crippen LogP contribution in [0.3, 0.4) is 0 Å². The Hall–Kier alpha value is -3.06. The molecule has 7 heteroatoms. The molecule has 1 spiro atoms. The summed E-state index contributed by atoms with van der Waals surface area (Å²) in [6, 6.07) is 11.6. The van der Waals surface area contributed by atoms with E-state index >= 15 is 0 Å². The van der Waals surface area contributed by atoms with E-state index in [0.717, 1.165) is 25.7 Å². The van der Waals surface area contributed by atoms with Crippen molar-refractivity contribution in [3.63, 3.8) is 0 Å². The molecule has 2 aromatic rings.